The molecule has 100 valence electrons. The van der Waals surface area contributed by atoms with Gasteiger partial charge in [-0.15, -0.1) is 0 Å². The molecule has 1 unspecified atom stereocenters. The minimum atomic E-state index is 0.477. The molecule has 2 nitrogen and oxygen atoms in total. The zero-order valence-corrected chi connectivity index (χ0v) is 11.9. The highest BCUT2D eigenvalue weighted by Gasteiger charge is 2.36. The van der Waals surface area contributed by atoms with Gasteiger partial charge in [-0.25, -0.2) is 0 Å². The summed E-state index contributed by atoms with van der Waals surface area (Å²) >= 11 is 0. The number of hydrogen-bond donors (Lipinski definition) is 1. The second-order valence-electron chi connectivity index (χ2n) is 6.96. The molecule has 2 rings (SSSR count). The second kappa shape index (κ2) is 5.27. The van der Waals surface area contributed by atoms with Gasteiger partial charge in [0, 0.05) is 18.1 Å². The Bertz CT molecular complexity index is 241. The van der Waals surface area contributed by atoms with E-state index in [1.165, 1.54) is 51.5 Å². The molecule has 0 heterocycles. The third-order valence-corrected chi connectivity index (χ3v) is 4.99. The van der Waals surface area contributed by atoms with Crippen LogP contribution in [0.25, 0.3) is 0 Å². The van der Waals surface area contributed by atoms with Crippen LogP contribution >= 0.6 is 0 Å². The van der Waals surface area contributed by atoms with Crippen LogP contribution in [0.2, 0.25) is 0 Å². The molecular weight excluding hydrogens is 208 g/mol. The first-order chi connectivity index (χ1) is 8.02. The fourth-order valence-corrected chi connectivity index (χ4v) is 3.93. The molecule has 0 aromatic heterocycles. The Morgan fingerprint density at radius 1 is 1.06 bits per heavy atom. The number of rotatable bonds is 3. The van der Waals surface area contributed by atoms with Gasteiger partial charge < -0.3 is 5.73 Å². The van der Waals surface area contributed by atoms with Crippen molar-refractivity contribution in [3.05, 3.63) is 0 Å². The summed E-state index contributed by atoms with van der Waals surface area (Å²) in [5.41, 5.74) is 6.59. The topological polar surface area (TPSA) is 29.3 Å². The van der Waals surface area contributed by atoms with Crippen molar-refractivity contribution in [2.24, 2.45) is 11.1 Å². The lowest BCUT2D eigenvalue weighted by Crippen LogP contribution is -2.45. The molecule has 2 heteroatoms. The van der Waals surface area contributed by atoms with Crippen LogP contribution in [0.15, 0.2) is 0 Å². The van der Waals surface area contributed by atoms with E-state index in [0.717, 1.165) is 12.1 Å². The summed E-state index contributed by atoms with van der Waals surface area (Å²) in [4.78, 5) is 2.79. The van der Waals surface area contributed by atoms with Crippen molar-refractivity contribution in [1.29, 1.82) is 0 Å². The van der Waals surface area contributed by atoms with Crippen molar-refractivity contribution in [2.45, 2.75) is 83.8 Å². The summed E-state index contributed by atoms with van der Waals surface area (Å²) in [6.07, 6.45) is 9.32. The van der Waals surface area contributed by atoms with Gasteiger partial charge in [-0.2, -0.15) is 0 Å². The molecule has 0 spiro atoms. The zero-order chi connectivity index (χ0) is 12.5. The number of nitrogens with two attached hydrogens (primary N) is 1. The monoisotopic (exact) mass is 238 g/mol. The van der Waals surface area contributed by atoms with Crippen LogP contribution in [-0.2, 0) is 0 Å². The standard InChI is InChI=1S/C15H30N2/c1-4-17(13-7-5-12(16)6-8-13)14-9-10-15(2,3)11-14/h12-14H,4-11,16H2,1-3H3. The fraction of sp³-hybridized carbons (Fsp3) is 1.00. The molecule has 2 aliphatic carbocycles. The normalized spacial score (nSPS) is 37.6. The van der Waals surface area contributed by atoms with Gasteiger partial charge in [-0.05, 0) is 56.9 Å². The molecule has 2 saturated carbocycles. The van der Waals surface area contributed by atoms with Gasteiger partial charge in [0.1, 0.15) is 0 Å². The Morgan fingerprint density at radius 2 is 1.71 bits per heavy atom. The first kappa shape index (κ1) is 13.4. The molecule has 1 atom stereocenters. The lowest BCUT2D eigenvalue weighted by Gasteiger charge is -2.39. The van der Waals surface area contributed by atoms with Crippen LogP contribution in [0.3, 0.4) is 0 Å². The van der Waals surface area contributed by atoms with Gasteiger partial charge in [-0.3, -0.25) is 4.90 Å². The predicted molar refractivity (Wildman–Crippen MR) is 74.0 cm³/mol. The van der Waals surface area contributed by atoms with Gasteiger partial charge in [0.15, 0.2) is 0 Å². The van der Waals surface area contributed by atoms with Crippen LogP contribution in [0, 0.1) is 5.41 Å². The molecule has 2 fully saturated rings. The van der Waals surface area contributed by atoms with Crippen LogP contribution in [-0.4, -0.2) is 29.6 Å². The molecule has 0 aromatic carbocycles. The average molecular weight is 238 g/mol. The summed E-state index contributed by atoms with van der Waals surface area (Å²) in [7, 11) is 0. The van der Waals surface area contributed by atoms with Crippen LogP contribution in [0.4, 0.5) is 0 Å². The van der Waals surface area contributed by atoms with Crippen molar-refractivity contribution < 1.29 is 0 Å². The van der Waals surface area contributed by atoms with Gasteiger partial charge in [0.05, 0.1) is 0 Å². The summed E-state index contributed by atoms with van der Waals surface area (Å²) in [5, 5.41) is 0. The SMILES string of the molecule is CCN(C1CCC(N)CC1)C1CCC(C)(C)C1. The summed E-state index contributed by atoms with van der Waals surface area (Å²) in [5.74, 6) is 0. The highest BCUT2D eigenvalue weighted by molar-refractivity contribution is 4.91. The van der Waals surface area contributed by atoms with Crippen molar-refractivity contribution >= 4 is 0 Å². The van der Waals surface area contributed by atoms with E-state index in [1.54, 1.807) is 0 Å². The van der Waals surface area contributed by atoms with E-state index in [1.807, 2.05) is 0 Å². The van der Waals surface area contributed by atoms with E-state index in [4.69, 9.17) is 5.73 Å². The lowest BCUT2D eigenvalue weighted by molar-refractivity contribution is 0.102. The van der Waals surface area contributed by atoms with Gasteiger partial charge in [0.25, 0.3) is 0 Å². The van der Waals surface area contributed by atoms with E-state index in [2.05, 4.69) is 25.7 Å². The molecule has 0 bridgehead atoms. The van der Waals surface area contributed by atoms with E-state index in [-0.39, 0.29) is 0 Å². The highest BCUT2D eigenvalue weighted by Crippen LogP contribution is 2.41. The molecule has 2 aliphatic rings. The molecule has 2 N–H and O–H groups in total. The van der Waals surface area contributed by atoms with E-state index >= 15 is 0 Å². The number of hydrogen-bond acceptors (Lipinski definition) is 2. The molecule has 0 radical (unpaired) electrons. The smallest absolute Gasteiger partial charge is 0.0103 e. The zero-order valence-electron chi connectivity index (χ0n) is 11.9. The third kappa shape index (κ3) is 3.23. The maximum Gasteiger partial charge on any atom is 0.0103 e. The van der Waals surface area contributed by atoms with Crippen LogP contribution < -0.4 is 5.73 Å². The predicted octanol–water partition coefficient (Wildman–Crippen LogP) is 3.16. The molecule has 0 aromatic rings. The molecule has 0 saturated heterocycles. The first-order valence-corrected chi connectivity index (χ1v) is 7.53. The van der Waals surface area contributed by atoms with Crippen molar-refractivity contribution in [1.82, 2.24) is 4.90 Å². The summed E-state index contributed by atoms with van der Waals surface area (Å²) in [6.45, 7) is 8.41. The minimum Gasteiger partial charge on any atom is -0.328 e. The lowest BCUT2D eigenvalue weighted by atomic mass is 9.88. The molecule has 17 heavy (non-hydrogen) atoms. The maximum absolute atomic E-state index is 6.02. The summed E-state index contributed by atoms with van der Waals surface area (Å²) in [6, 6.07) is 2.14. The maximum atomic E-state index is 6.02. The van der Waals surface area contributed by atoms with E-state index in [0.29, 0.717) is 11.5 Å². The largest absolute Gasteiger partial charge is 0.328 e. The molecule has 0 amide bonds. The Morgan fingerprint density at radius 3 is 2.18 bits per heavy atom. The third-order valence-electron chi connectivity index (χ3n) is 4.99. The van der Waals surface area contributed by atoms with Crippen LogP contribution in [0.5, 0.6) is 0 Å². The fourth-order valence-electron chi connectivity index (χ4n) is 3.93. The minimum absolute atomic E-state index is 0.477. The Labute approximate surface area is 107 Å². The molecular formula is C15H30N2. The van der Waals surface area contributed by atoms with Gasteiger partial charge >= 0.3 is 0 Å². The quantitative estimate of drug-likeness (QED) is 0.818. The second-order valence-corrected chi connectivity index (χ2v) is 6.96. The van der Waals surface area contributed by atoms with Crippen molar-refractivity contribution in [2.75, 3.05) is 6.54 Å². The van der Waals surface area contributed by atoms with E-state index in [9.17, 15) is 0 Å². The van der Waals surface area contributed by atoms with Gasteiger partial charge in [-0.1, -0.05) is 20.8 Å². The van der Waals surface area contributed by atoms with E-state index < -0.39 is 0 Å². The summed E-state index contributed by atoms with van der Waals surface area (Å²) < 4.78 is 0. The molecule has 0 aliphatic heterocycles. The Hall–Kier alpha value is -0.0800. The van der Waals surface area contributed by atoms with Crippen molar-refractivity contribution in [3.63, 3.8) is 0 Å². The Balaban J connectivity index is 1.92. The Kier molecular flexibility index (Phi) is 4.14. The van der Waals surface area contributed by atoms with Crippen LogP contribution in [0.1, 0.15) is 65.7 Å². The van der Waals surface area contributed by atoms with Gasteiger partial charge in [0.2, 0.25) is 0 Å². The highest BCUT2D eigenvalue weighted by atomic mass is 15.2. The average Bonchev–Trinajstić information content (AvgIpc) is 2.63. The number of nitrogens with zero attached hydrogens (tertiary/aromatic N) is 1. The van der Waals surface area contributed by atoms with Crippen molar-refractivity contribution in [3.8, 4) is 0 Å². The first-order valence-electron chi connectivity index (χ1n) is 7.53.